The fourth-order valence-corrected chi connectivity index (χ4v) is 5.14. The summed E-state index contributed by atoms with van der Waals surface area (Å²) in [4.78, 5) is 26.8. The van der Waals surface area contributed by atoms with Gasteiger partial charge in [-0.15, -0.1) is 0 Å². The maximum atomic E-state index is 13.4. The first-order chi connectivity index (χ1) is 12.4. The minimum Gasteiger partial charge on any atom is -0.340 e. The van der Waals surface area contributed by atoms with Crippen LogP contribution in [-0.4, -0.2) is 86.0 Å². The quantitative estimate of drug-likeness (QED) is 0.638. The molecule has 7 nitrogen and oxygen atoms in total. The van der Waals surface area contributed by atoms with Crippen LogP contribution in [0.4, 0.5) is 13.2 Å². The molecule has 0 aromatic heterocycles. The monoisotopic (exact) mass is 411 g/mol. The third kappa shape index (κ3) is 4.45. The Balaban J connectivity index is 2.12. The molecule has 2 rings (SSSR count). The van der Waals surface area contributed by atoms with E-state index in [0.29, 0.717) is 25.9 Å². The molecule has 0 N–H and O–H groups in total. The Bertz CT molecular complexity index is 700. The van der Waals surface area contributed by atoms with E-state index in [4.69, 9.17) is 0 Å². The number of halogens is 3. The zero-order valence-corrected chi connectivity index (χ0v) is 16.1. The highest BCUT2D eigenvalue weighted by atomic mass is 32.2. The number of sulfonamides is 1. The molecular formula is C16H24F3N3O4S. The second kappa shape index (κ2) is 7.78. The van der Waals surface area contributed by atoms with Crippen molar-refractivity contribution >= 4 is 21.8 Å². The van der Waals surface area contributed by atoms with Crippen LogP contribution in [0.3, 0.4) is 0 Å². The minimum atomic E-state index is -4.72. The lowest BCUT2D eigenvalue weighted by molar-refractivity contribution is -0.170. The number of hydrogen-bond donors (Lipinski definition) is 0. The molecule has 2 saturated heterocycles. The second-order valence-electron chi connectivity index (χ2n) is 7.06. The predicted octanol–water partition coefficient (Wildman–Crippen LogP) is 0.692. The Hall–Kier alpha value is -1.62. The second-order valence-corrected chi connectivity index (χ2v) is 9.43. The summed E-state index contributed by atoms with van der Waals surface area (Å²) in [5.41, 5.74) is 0. The largest absolute Gasteiger partial charge is 0.394 e. The number of nitrogens with zero attached hydrogens (tertiary/aromatic N) is 3. The minimum absolute atomic E-state index is 0.253. The molecular weight excluding hydrogens is 387 g/mol. The third-order valence-corrected chi connectivity index (χ3v) is 7.48. The van der Waals surface area contributed by atoms with Gasteiger partial charge in [-0.05, 0) is 18.9 Å². The average molecular weight is 411 g/mol. The van der Waals surface area contributed by atoms with Crippen molar-refractivity contribution in [2.45, 2.75) is 24.3 Å². The Morgan fingerprint density at radius 2 is 1.67 bits per heavy atom. The molecule has 2 atom stereocenters. The molecule has 0 spiro atoms. The van der Waals surface area contributed by atoms with Crippen LogP contribution in [-0.2, 0) is 19.6 Å². The van der Waals surface area contributed by atoms with Gasteiger partial charge in [-0.3, -0.25) is 9.59 Å². The number of alkyl halides is 3. The van der Waals surface area contributed by atoms with Crippen LogP contribution >= 0.6 is 0 Å². The highest BCUT2D eigenvalue weighted by molar-refractivity contribution is 7.89. The van der Waals surface area contributed by atoms with Crippen molar-refractivity contribution in [3.8, 4) is 0 Å². The van der Waals surface area contributed by atoms with E-state index in [1.165, 1.54) is 25.1 Å². The molecule has 2 aliphatic heterocycles. The van der Waals surface area contributed by atoms with Gasteiger partial charge < -0.3 is 9.80 Å². The van der Waals surface area contributed by atoms with Crippen LogP contribution in [0.1, 0.15) is 12.8 Å². The lowest BCUT2D eigenvalue weighted by Crippen LogP contribution is -2.44. The fraction of sp³-hybridized carbons (Fsp3) is 0.750. The molecule has 0 aromatic rings. The highest BCUT2D eigenvalue weighted by Crippen LogP contribution is 2.38. The molecule has 11 heteroatoms. The van der Waals surface area contributed by atoms with Crippen molar-refractivity contribution in [2.24, 2.45) is 11.8 Å². The molecule has 2 aliphatic rings. The van der Waals surface area contributed by atoms with Gasteiger partial charge in [-0.2, -0.15) is 13.2 Å². The summed E-state index contributed by atoms with van der Waals surface area (Å²) in [5, 5.41) is -1.71. The van der Waals surface area contributed by atoms with Crippen molar-refractivity contribution in [1.82, 2.24) is 14.1 Å². The van der Waals surface area contributed by atoms with Crippen LogP contribution in [0.25, 0.3) is 0 Å². The number of carbonyl (C=O) groups excluding carboxylic acids is 2. The highest BCUT2D eigenvalue weighted by Gasteiger charge is 2.56. The van der Waals surface area contributed by atoms with Crippen molar-refractivity contribution < 1.29 is 31.2 Å². The van der Waals surface area contributed by atoms with E-state index in [1.54, 1.807) is 0 Å². The Morgan fingerprint density at radius 1 is 1.11 bits per heavy atom. The zero-order valence-electron chi connectivity index (χ0n) is 15.3. The summed E-state index contributed by atoms with van der Waals surface area (Å²) in [7, 11) is -1.81. The summed E-state index contributed by atoms with van der Waals surface area (Å²) in [5.74, 6) is -3.37. The number of piperidine rings is 1. The van der Waals surface area contributed by atoms with Gasteiger partial charge in [0.2, 0.25) is 21.8 Å². The van der Waals surface area contributed by atoms with Gasteiger partial charge in [0.05, 0.1) is 5.92 Å². The number of rotatable bonds is 4. The summed E-state index contributed by atoms with van der Waals surface area (Å²) in [6.07, 6.45) is -2.89. The maximum Gasteiger partial charge on any atom is 0.394 e. The first-order valence-electron chi connectivity index (χ1n) is 8.57. The predicted molar refractivity (Wildman–Crippen MR) is 92.0 cm³/mol. The van der Waals surface area contributed by atoms with Crippen molar-refractivity contribution in [3.63, 3.8) is 0 Å². The molecule has 0 bridgehead atoms. The molecule has 0 unspecified atom stereocenters. The summed E-state index contributed by atoms with van der Waals surface area (Å²) in [6, 6.07) is 0. The lowest BCUT2D eigenvalue weighted by atomic mass is 9.95. The Labute approximate surface area is 156 Å². The number of likely N-dealkylation sites (tertiary alicyclic amines) is 2. The van der Waals surface area contributed by atoms with E-state index in [0.717, 1.165) is 9.21 Å². The molecule has 2 amide bonds. The molecule has 27 heavy (non-hydrogen) atoms. The standard InChI is InChI=1S/C16H24F3N3O4S/c1-4-14(23)21-7-5-11(6-8-21)15(24)22-9-12(16(17,18)19)13(10-22)27(25,26)20(2)3/h4,11-13H,1,5-10H2,2-3H3/t12-,13-/m1/s1. The van der Waals surface area contributed by atoms with Gasteiger partial charge in [0.15, 0.2) is 0 Å². The van der Waals surface area contributed by atoms with E-state index in [2.05, 4.69) is 6.58 Å². The normalized spacial score (nSPS) is 25.1. The van der Waals surface area contributed by atoms with Crippen LogP contribution in [0.2, 0.25) is 0 Å². The fourth-order valence-electron chi connectivity index (χ4n) is 3.57. The molecule has 2 fully saturated rings. The summed E-state index contributed by atoms with van der Waals surface area (Å²) in [6.45, 7) is 2.89. The topological polar surface area (TPSA) is 78.0 Å². The van der Waals surface area contributed by atoms with E-state index in [9.17, 15) is 31.2 Å². The molecule has 0 saturated carbocycles. The third-order valence-electron chi connectivity index (χ3n) is 5.22. The van der Waals surface area contributed by atoms with Gasteiger partial charge in [0, 0.05) is 46.2 Å². The van der Waals surface area contributed by atoms with Gasteiger partial charge in [-0.1, -0.05) is 6.58 Å². The zero-order chi connectivity index (χ0) is 20.6. The smallest absolute Gasteiger partial charge is 0.340 e. The van der Waals surface area contributed by atoms with Crippen LogP contribution in [0.15, 0.2) is 12.7 Å². The SMILES string of the molecule is C=CC(=O)N1CCC(C(=O)N2C[C@@H](C(F)(F)F)[C@H](S(=O)(=O)N(C)C)C2)CC1. The van der Waals surface area contributed by atoms with E-state index in [1.807, 2.05) is 0 Å². The van der Waals surface area contributed by atoms with Crippen molar-refractivity contribution in [2.75, 3.05) is 40.3 Å². The molecule has 0 aliphatic carbocycles. The van der Waals surface area contributed by atoms with Crippen LogP contribution in [0, 0.1) is 11.8 Å². The Morgan fingerprint density at radius 3 is 2.11 bits per heavy atom. The van der Waals surface area contributed by atoms with E-state index < -0.39 is 52.3 Å². The molecule has 0 aromatic carbocycles. The number of amides is 2. The van der Waals surface area contributed by atoms with Gasteiger partial charge in [-0.25, -0.2) is 12.7 Å². The van der Waals surface area contributed by atoms with Crippen molar-refractivity contribution in [3.05, 3.63) is 12.7 Å². The average Bonchev–Trinajstić information content (AvgIpc) is 3.07. The first-order valence-corrected chi connectivity index (χ1v) is 10.1. The van der Waals surface area contributed by atoms with Gasteiger partial charge in [0.25, 0.3) is 0 Å². The molecule has 154 valence electrons. The first kappa shape index (κ1) is 21.7. The van der Waals surface area contributed by atoms with E-state index >= 15 is 0 Å². The molecule has 2 heterocycles. The molecule has 0 radical (unpaired) electrons. The Kier molecular flexibility index (Phi) is 6.25. The maximum absolute atomic E-state index is 13.4. The lowest BCUT2D eigenvalue weighted by Gasteiger charge is -2.32. The van der Waals surface area contributed by atoms with Crippen LogP contribution in [0.5, 0.6) is 0 Å². The van der Waals surface area contributed by atoms with Crippen molar-refractivity contribution in [1.29, 1.82) is 0 Å². The van der Waals surface area contributed by atoms with Crippen LogP contribution < -0.4 is 0 Å². The van der Waals surface area contributed by atoms with Gasteiger partial charge >= 0.3 is 6.18 Å². The van der Waals surface area contributed by atoms with Gasteiger partial charge in [0.1, 0.15) is 5.25 Å². The summed E-state index contributed by atoms with van der Waals surface area (Å²) >= 11 is 0. The van der Waals surface area contributed by atoms with E-state index in [-0.39, 0.29) is 5.91 Å². The summed E-state index contributed by atoms with van der Waals surface area (Å²) < 4.78 is 65.6. The number of hydrogen-bond acceptors (Lipinski definition) is 4. The number of carbonyl (C=O) groups is 2.